The lowest BCUT2D eigenvalue weighted by molar-refractivity contribution is 0.122. The van der Waals surface area contributed by atoms with Gasteiger partial charge in [-0.3, -0.25) is 0 Å². The first-order valence-electron chi connectivity index (χ1n) is 8.18. The van der Waals surface area contributed by atoms with Crippen LogP contribution in [-0.4, -0.2) is 54.7 Å². The van der Waals surface area contributed by atoms with Crippen molar-refractivity contribution in [3.05, 3.63) is 30.5 Å². The zero-order valence-electron chi connectivity index (χ0n) is 14.2. The van der Waals surface area contributed by atoms with E-state index in [0.29, 0.717) is 54.5 Å². The average molecular weight is 387 g/mol. The molecule has 1 saturated heterocycles. The monoisotopic (exact) mass is 387 g/mol. The molecule has 3 heterocycles. The maximum atomic E-state index is 11.4. The van der Waals surface area contributed by atoms with Crippen LogP contribution < -0.4 is 15.8 Å². The number of rotatable bonds is 3. The lowest BCUT2D eigenvalue weighted by atomic mass is 10.1. The Balaban J connectivity index is 1.80. The van der Waals surface area contributed by atoms with Gasteiger partial charge >= 0.3 is 0 Å². The molecule has 2 aromatic heterocycles. The average Bonchev–Trinajstić information content (AvgIpc) is 2.67. The second-order valence-corrected chi connectivity index (χ2v) is 7.56. The number of sulfonamides is 1. The summed E-state index contributed by atoms with van der Waals surface area (Å²) in [5.74, 6) is 0.736. The summed E-state index contributed by atoms with van der Waals surface area (Å²) in [5, 5.41) is 5.14. The Labute approximate surface area is 155 Å². The minimum atomic E-state index is -3.75. The van der Waals surface area contributed by atoms with E-state index in [-0.39, 0.29) is 10.8 Å². The van der Waals surface area contributed by atoms with Crippen LogP contribution in [0.1, 0.15) is 0 Å². The number of ether oxygens (including phenoxy) is 1. The van der Waals surface area contributed by atoms with Crippen LogP contribution in [0.3, 0.4) is 0 Å². The van der Waals surface area contributed by atoms with Crippen LogP contribution in [-0.2, 0) is 14.8 Å². The summed E-state index contributed by atoms with van der Waals surface area (Å²) in [4.78, 5) is 19.6. The molecule has 4 N–H and O–H groups in total. The summed E-state index contributed by atoms with van der Waals surface area (Å²) >= 11 is 0. The van der Waals surface area contributed by atoms with Crippen molar-refractivity contribution in [1.29, 1.82) is 0 Å². The predicted molar refractivity (Wildman–Crippen MR) is 99.4 cm³/mol. The molecule has 0 aliphatic carbocycles. The molecule has 0 atom stereocenters. The number of hydrogen-bond donors (Lipinski definition) is 2. The minimum Gasteiger partial charge on any atom is -0.378 e. The molecule has 1 aliphatic heterocycles. The Bertz CT molecular complexity index is 1100. The molecule has 1 aromatic carbocycles. The second kappa shape index (κ2) is 6.68. The lowest BCUT2D eigenvalue weighted by Gasteiger charge is -2.28. The highest BCUT2D eigenvalue weighted by molar-refractivity contribution is 7.89. The maximum absolute atomic E-state index is 11.4. The number of aromatic nitrogens is 4. The molecule has 0 saturated carbocycles. The molecule has 10 nitrogen and oxygen atoms in total. The standard InChI is InChI=1S/C16H17N7O3S/c17-16-21-14-13(15(22-16)23-5-7-26-8-6-23)20-12(9-19-14)10-1-3-11(4-2-10)27(18,24)25/h1-4,9H,5-8H2,(H2,18,24,25)(H2,17,19,21,22). The van der Waals surface area contributed by atoms with E-state index < -0.39 is 10.0 Å². The van der Waals surface area contributed by atoms with Crippen LogP contribution in [0.15, 0.2) is 35.4 Å². The van der Waals surface area contributed by atoms with E-state index in [0.717, 1.165) is 0 Å². The molecular weight excluding hydrogens is 370 g/mol. The number of morpholine rings is 1. The first-order valence-corrected chi connectivity index (χ1v) is 9.73. The van der Waals surface area contributed by atoms with Crippen molar-refractivity contribution in [2.45, 2.75) is 4.90 Å². The third-order valence-electron chi connectivity index (χ3n) is 4.20. The van der Waals surface area contributed by atoms with Gasteiger partial charge in [0, 0.05) is 18.7 Å². The third-order valence-corrected chi connectivity index (χ3v) is 5.12. The SMILES string of the molecule is Nc1nc(N2CCOCC2)c2nc(-c3ccc(S(N)(=O)=O)cc3)cnc2n1. The van der Waals surface area contributed by atoms with E-state index in [4.69, 9.17) is 15.6 Å². The van der Waals surface area contributed by atoms with Crippen molar-refractivity contribution in [3.63, 3.8) is 0 Å². The summed E-state index contributed by atoms with van der Waals surface area (Å²) in [6.07, 6.45) is 1.56. The Morgan fingerprint density at radius 2 is 1.74 bits per heavy atom. The van der Waals surface area contributed by atoms with Gasteiger partial charge in [-0.05, 0) is 12.1 Å². The molecule has 1 fully saturated rings. The predicted octanol–water partition coefficient (Wildman–Crippen LogP) is 0.153. The number of nitrogen functional groups attached to an aromatic ring is 1. The van der Waals surface area contributed by atoms with Crippen molar-refractivity contribution < 1.29 is 13.2 Å². The van der Waals surface area contributed by atoms with Gasteiger partial charge in [-0.2, -0.15) is 9.97 Å². The van der Waals surface area contributed by atoms with Crippen LogP contribution in [0.25, 0.3) is 22.4 Å². The van der Waals surface area contributed by atoms with Crippen molar-refractivity contribution >= 4 is 33.0 Å². The van der Waals surface area contributed by atoms with Crippen LogP contribution >= 0.6 is 0 Å². The van der Waals surface area contributed by atoms with Gasteiger partial charge in [0.1, 0.15) is 0 Å². The van der Waals surface area contributed by atoms with Crippen molar-refractivity contribution in [3.8, 4) is 11.3 Å². The van der Waals surface area contributed by atoms with E-state index in [9.17, 15) is 8.42 Å². The summed E-state index contributed by atoms with van der Waals surface area (Å²) in [7, 11) is -3.75. The molecule has 0 radical (unpaired) electrons. The van der Waals surface area contributed by atoms with Gasteiger partial charge in [-0.1, -0.05) is 12.1 Å². The molecular formula is C16H17N7O3S. The van der Waals surface area contributed by atoms with Crippen LogP contribution in [0.2, 0.25) is 0 Å². The maximum Gasteiger partial charge on any atom is 0.238 e. The zero-order valence-corrected chi connectivity index (χ0v) is 15.1. The first-order chi connectivity index (χ1) is 12.9. The normalized spacial score (nSPS) is 15.2. The van der Waals surface area contributed by atoms with Gasteiger partial charge in [-0.15, -0.1) is 0 Å². The molecule has 0 unspecified atom stereocenters. The van der Waals surface area contributed by atoms with E-state index >= 15 is 0 Å². The number of fused-ring (bicyclic) bond motifs is 1. The summed E-state index contributed by atoms with van der Waals surface area (Å²) in [6.45, 7) is 2.52. The Morgan fingerprint density at radius 3 is 2.41 bits per heavy atom. The molecule has 0 spiro atoms. The highest BCUT2D eigenvalue weighted by Gasteiger charge is 2.19. The van der Waals surface area contributed by atoms with E-state index in [2.05, 4.69) is 19.9 Å². The summed E-state index contributed by atoms with van der Waals surface area (Å²) in [6, 6.07) is 6.11. The Morgan fingerprint density at radius 1 is 1.04 bits per heavy atom. The molecule has 27 heavy (non-hydrogen) atoms. The molecule has 1 aliphatic rings. The van der Waals surface area contributed by atoms with Gasteiger partial charge in [0.15, 0.2) is 17.0 Å². The molecule has 140 valence electrons. The van der Waals surface area contributed by atoms with Gasteiger partial charge in [0.05, 0.1) is 30.0 Å². The van der Waals surface area contributed by atoms with Crippen molar-refractivity contribution in [2.24, 2.45) is 5.14 Å². The fourth-order valence-corrected chi connectivity index (χ4v) is 3.38. The molecule has 0 amide bonds. The number of nitrogens with zero attached hydrogens (tertiary/aromatic N) is 5. The summed E-state index contributed by atoms with van der Waals surface area (Å²) in [5.41, 5.74) is 8.00. The number of benzene rings is 1. The van der Waals surface area contributed by atoms with E-state index in [1.54, 1.807) is 18.3 Å². The zero-order chi connectivity index (χ0) is 19.0. The third kappa shape index (κ3) is 3.52. The highest BCUT2D eigenvalue weighted by Crippen LogP contribution is 2.26. The molecule has 11 heteroatoms. The fourth-order valence-electron chi connectivity index (χ4n) is 2.86. The van der Waals surface area contributed by atoms with E-state index in [1.807, 2.05) is 4.90 Å². The number of anilines is 2. The van der Waals surface area contributed by atoms with Gasteiger partial charge in [0.25, 0.3) is 0 Å². The summed E-state index contributed by atoms with van der Waals surface area (Å²) < 4.78 is 28.2. The van der Waals surface area contributed by atoms with Crippen LogP contribution in [0, 0.1) is 0 Å². The van der Waals surface area contributed by atoms with Crippen LogP contribution in [0.4, 0.5) is 11.8 Å². The van der Waals surface area contributed by atoms with Gasteiger partial charge < -0.3 is 15.4 Å². The van der Waals surface area contributed by atoms with Gasteiger partial charge in [0.2, 0.25) is 16.0 Å². The van der Waals surface area contributed by atoms with Crippen molar-refractivity contribution in [1.82, 2.24) is 19.9 Å². The largest absolute Gasteiger partial charge is 0.378 e. The first kappa shape index (κ1) is 17.5. The number of nitrogens with two attached hydrogens (primary N) is 2. The Kier molecular flexibility index (Phi) is 4.34. The fraction of sp³-hybridized carbons (Fsp3) is 0.250. The minimum absolute atomic E-state index is 0.0325. The smallest absolute Gasteiger partial charge is 0.238 e. The second-order valence-electron chi connectivity index (χ2n) is 6.00. The molecule has 3 aromatic rings. The van der Waals surface area contributed by atoms with Gasteiger partial charge in [-0.25, -0.2) is 23.5 Å². The van der Waals surface area contributed by atoms with E-state index in [1.165, 1.54) is 12.1 Å². The highest BCUT2D eigenvalue weighted by atomic mass is 32.2. The molecule has 0 bridgehead atoms. The quantitative estimate of drug-likeness (QED) is 0.640. The van der Waals surface area contributed by atoms with Crippen LogP contribution in [0.5, 0.6) is 0 Å². The topological polar surface area (TPSA) is 150 Å². The Hall–Kier alpha value is -2.89. The van der Waals surface area contributed by atoms with Crippen molar-refractivity contribution in [2.75, 3.05) is 36.9 Å². The number of hydrogen-bond acceptors (Lipinski definition) is 9. The molecule has 4 rings (SSSR count). The number of primary sulfonamides is 1. The lowest BCUT2D eigenvalue weighted by Crippen LogP contribution is -2.37.